The van der Waals surface area contributed by atoms with Gasteiger partial charge < -0.3 is 0 Å². The van der Waals surface area contributed by atoms with Crippen molar-refractivity contribution in [2.45, 2.75) is 31.2 Å². The molecule has 2 bridgehead atoms. The van der Waals surface area contributed by atoms with E-state index in [1.807, 2.05) is 0 Å². The minimum absolute atomic E-state index is 0.383. The maximum Gasteiger partial charge on any atom is 0.473 e. The third kappa shape index (κ3) is 1.50. The average molecular weight is 207 g/mol. The molecule has 14 heavy (non-hydrogen) atoms. The number of amides is 1. The Balaban J connectivity index is 2.14. The molecule has 0 aromatic heterocycles. The van der Waals surface area contributed by atoms with Crippen molar-refractivity contribution >= 4 is 5.91 Å². The lowest BCUT2D eigenvalue weighted by molar-refractivity contribution is -0.260. The van der Waals surface area contributed by atoms with Crippen LogP contribution in [0.5, 0.6) is 0 Å². The van der Waals surface area contributed by atoms with Crippen LogP contribution in [0.25, 0.3) is 0 Å². The Morgan fingerprint density at radius 1 is 1.36 bits per heavy atom. The molecule has 0 saturated carbocycles. The molecule has 0 spiro atoms. The first-order valence-electron chi connectivity index (χ1n) is 4.24. The van der Waals surface area contributed by atoms with Crippen LogP contribution < -0.4 is 0 Å². The number of fused-ring (bicyclic) bond motifs is 2. The Morgan fingerprint density at radius 2 is 2.07 bits per heavy atom. The maximum absolute atomic E-state index is 12.1. The molecule has 0 aromatic carbocycles. The van der Waals surface area contributed by atoms with E-state index in [-0.39, 0.29) is 6.10 Å². The van der Waals surface area contributed by atoms with Crippen LogP contribution >= 0.6 is 0 Å². The molecule has 0 N–H and O–H groups in total. The van der Waals surface area contributed by atoms with E-state index in [2.05, 4.69) is 0 Å². The zero-order valence-corrected chi connectivity index (χ0v) is 7.12. The van der Waals surface area contributed by atoms with Crippen LogP contribution in [0.15, 0.2) is 12.2 Å². The standard InChI is InChI=1S/C8H8F3NO2/c9-8(10,11)7(13)12-5-1-3-6(14-12)4-2-5/h1,3,5-6H,2,4H2/t5-,6+/m1/s1. The van der Waals surface area contributed by atoms with Crippen molar-refractivity contribution in [1.82, 2.24) is 5.06 Å². The number of alkyl halides is 3. The van der Waals surface area contributed by atoms with Crippen LogP contribution in [0.4, 0.5) is 13.2 Å². The van der Waals surface area contributed by atoms with E-state index in [1.54, 1.807) is 12.2 Å². The van der Waals surface area contributed by atoms with E-state index in [1.165, 1.54) is 0 Å². The molecule has 0 radical (unpaired) electrons. The highest BCUT2D eigenvalue weighted by Gasteiger charge is 2.48. The van der Waals surface area contributed by atoms with Gasteiger partial charge in [-0.05, 0) is 12.8 Å². The monoisotopic (exact) mass is 207 g/mol. The first-order valence-corrected chi connectivity index (χ1v) is 4.24. The molecular weight excluding hydrogens is 199 g/mol. The van der Waals surface area contributed by atoms with Gasteiger partial charge in [-0.3, -0.25) is 9.63 Å². The van der Waals surface area contributed by atoms with Crippen molar-refractivity contribution in [3.63, 3.8) is 0 Å². The van der Waals surface area contributed by atoms with Gasteiger partial charge >= 0.3 is 12.1 Å². The first kappa shape index (κ1) is 9.51. The SMILES string of the molecule is O=C(N1O[C@H]2C=C[C@@H]1CC2)C(F)(F)F. The molecule has 78 valence electrons. The van der Waals surface area contributed by atoms with Gasteiger partial charge in [0.2, 0.25) is 0 Å². The van der Waals surface area contributed by atoms with Gasteiger partial charge in [-0.2, -0.15) is 13.2 Å². The zero-order chi connectivity index (χ0) is 10.3. The average Bonchev–Trinajstić information content (AvgIpc) is 2.17. The molecule has 1 fully saturated rings. The second kappa shape index (κ2) is 2.98. The number of hydroxylamine groups is 2. The van der Waals surface area contributed by atoms with Crippen LogP contribution in [0.1, 0.15) is 12.8 Å². The first-order chi connectivity index (χ1) is 6.48. The summed E-state index contributed by atoms with van der Waals surface area (Å²) in [5.74, 6) is -1.92. The van der Waals surface area contributed by atoms with Crippen LogP contribution in [-0.4, -0.2) is 29.3 Å². The Kier molecular flexibility index (Phi) is 2.02. The maximum atomic E-state index is 12.1. The van der Waals surface area contributed by atoms with Crippen LogP contribution in [0.3, 0.4) is 0 Å². The second-order valence-electron chi connectivity index (χ2n) is 3.30. The van der Waals surface area contributed by atoms with Crippen LogP contribution in [0, 0.1) is 0 Å². The number of hydrogen-bond donors (Lipinski definition) is 0. The molecule has 2 heterocycles. The summed E-state index contributed by atoms with van der Waals surface area (Å²) in [4.78, 5) is 15.7. The number of carbonyl (C=O) groups is 1. The molecule has 2 aliphatic heterocycles. The van der Waals surface area contributed by atoms with E-state index in [0.717, 1.165) is 0 Å². The summed E-state index contributed by atoms with van der Waals surface area (Å²) in [6.07, 6.45) is -0.765. The fraction of sp³-hybridized carbons (Fsp3) is 0.625. The largest absolute Gasteiger partial charge is 0.473 e. The highest BCUT2D eigenvalue weighted by molar-refractivity contribution is 5.81. The fourth-order valence-corrected chi connectivity index (χ4v) is 1.61. The molecule has 0 aromatic rings. The van der Waals surface area contributed by atoms with Crippen molar-refractivity contribution in [2.75, 3.05) is 0 Å². The molecule has 2 atom stereocenters. The molecule has 3 rings (SSSR count). The highest BCUT2D eigenvalue weighted by Crippen LogP contribution is 2.31. The van der Waals surface area contributed by atoms with E-state index >= 15 is 0 Å². The minimum Gasteiger partial charge on any atom is -0.263 e. The van der Waals surface area contributed by atoms with Gasteiger partial charge in [0.05, 0.1) is 6.04 Å². The van der Waals surface area contributed by atoms with E-state index in [4.69, 9.17) is 4.84 Å². The van der Waals surface area contributed by atoms with Gasteiger partial charge in [0.25, 0.3) is 0 Å². The van der Waals surface area contributed by atoms with Gasteiger partial charge in [-0.15, -0.1) is 0 Å². The Morgan fingerprint density at radius 3 is 2.43 bits per heavy atom. The number of rotatable bonds is 0. The smallest absolute Gasteiger partial charge is 0.263 e. The quantitative estimate of drug-likeness (QED) is 0.562. The van der Waals surface area contributed by atoms with E-state index < -0.39 is 18.1 Å². The normalized spacial score (nSPS) is 30.9. The Labute approximate surface area is 78.1 Å². The summed E-state index contributed by atoms with van der Waals surface area (Å²) in [5, 5.41) is 0.439. The molecule has 6 heteroatoms. The predicted molar refractivity (Wildman–Crippen MR) is 39.9 cm³/mol. The molecule has 1 amide bonds. The Hall–Kier alpha value is -1.04. The summed E-state index contributed by atoms with van der Waals surface area (Å²) in [6, 6.07) is -0.561. The molecule has 1 saturated heterocycles. The number of nitrogens with zero attached hydrogens (tertiary/aromatic N) is 1. The molecule has 1 aliphatic carbocycles. The number of carbonyl (C=O) groups excluding carboxylic acids is 1. The van der Waals surface area contributed by atoms with Crippen LogP contribution in [-0.2, 0) is 9.63 Å². The summed E-state index contributed by atoms with van der Waals surface area (Å²) in [5.41, 5.74) is 0. The van der Waals surface area contributed by atoms with Crippen molar-refractivity contribution in [3.05, 3.63) is 12.2 Å². The third-order valence-corrected chi connectivity index (χ3v) is 2.29. The van der Waals surface area contributed by atoms with Crippen molar-refractivity contribution in [2.24, 2.45) is 0 Å². The van der Waals surface area contributed by atoms with Crippen molar-refractivity contribution < 1.29 is 22.8 Å². The lowest BCUT2D eigenvalue weighted by Gasteiger charge is -2.40. The van der Waals surface area contributed by atoms with Crippen molar-refractivity contribution in [1.29, 1.82) is 0 Å². The second-order valence-corrected chi connectivity index (χ2v) is 3.30. The molecular formula is C8H8F3NO2. The lowest BCUT2D eigenvalue weighted by Crippen LogP contribution is -2.52. The summed E-state index contributed by atoms with van der Waals surface area (Å²) in [6.45, 7) is 0. The van der Waals surface area contributed by atoms with Crippen molar-refractivity contribution in [3.8, 4) is 0 Å². The molecule has 0 unspecified atom stereocenters. The third-order valence-electron chi connectivity index (χ3n) is 2.29. The number of halogens is 3. The fourth-order valence-electron chi connectivity index (χ4n) is 1.61. The van der Waals surface area contributed by atoms with Gasteiger partial charge in [-0.25, -0.2) is 5.06 Å². The topological polar surface area (TPSA) is 29.5 Å². The van der Waals surface area contributed by atoms with Gasteiger partial charge in [0.15, 0.2) is 0 Å². The Bertz CT molecular complexity index is 287. The highest BCUT2D eigenvalue weighted by atomic mass is 19.4. The summed E-state index contributed by atoms with van der Waals surface area (Å²) in [7, 11) is 0. The van der Waals surface area contributed by atoms with E-state index in [0.29, 0.717) is 17.9 Å². The van der Waals surface area contributed by atoms with Gasteiger partial charge in [-0.1, -0.05) is 12.2 Å². The summed E-state index contributed by atoms with van der Waals surface area (Å²) < 4.78 is 36.2. The van der Waals surface area contributed by atoms with Crippen LogP contribution in [0.2, 0.25) is 0 Å². The molecule has 3 aliphatic rings. The zero-order valence-electron chi connectivity index (χ0n) is 7.12. The summed E-state index contributed by atoms with van der Waals surface area (Å²) >= 11 is 0. The number of hydrogen-bond acceptors (Lipinski definition) is 2. The van der Waals surface area contributed by atoms with Gasteiger partial charge in [0.1, 0.15) is 6.10 Å². The minimum atomic E-state index is -4.86. The van der Waals surface area contributed by atoms with Gasteiger partial charge in [0, 0.05) is 0 Å². The van der Waals surface area contributed by atoms with E-state index in [9.17, 15) is 18.0 Å². The predicted octanol–water partition coefficient (Wildman–Crippen LogP) is 1.41. The lowest BCUT2D eigenvalue weighted by atomic mass is 9.98. The molecule has 3 nitrogen and oxygen atoms in total.